The average Bonchev–Trinajstić information content (AvgIpc) is 3.33. The third-order valence-corrected chi connectivity index (χ3v) is 8.10. The van der Waals surface area contributed by atoms with Crippen molar-refractivity contribution in [3.05, 3.63) is 45.6 Å². The lowest BCUT2D eigenvalue weighted by molar-refractivity contribution is 0.0952. The van der Waals surface area contributed by atoms with Crippen LogP contribution in [0.15, 0.2) is 40.6 Å². The Bertz CT molecular complexity index is 948. The van der Waals surface area contributed by atoms with Gasteiger partial charge in [-0.15, -0.1) is 11.3 Å². The maximum absolute atomic E-state index is 13.1. The molecule has 2 aliphatic rings. The van der Waals surface area contributed by atoms with Crippen molar-refractivity contribution in [1.29, 1.82) is 0 Å². The molecule has 0 radical (unpaired) electrons. The van der Waals surface area contributed by atoms with Crippen LogP contribution in [0.3, 0.4) is 0 Å². The molecule has 1 aromatic carbocycles. The van der Waals surface area contributed by atoms with E-state index in [1.807, 2.05) is 24.3 Å². The fraction of sp³-hybridized carbons (Fsp3) is 0.389. The summed E-state index contributed by atoms with van der Waals surface area (Å²) < 4.78 is 27.6. The number of para-hydroxylation sites is 1. The minimum atomic E-state index is -3.70. The van der Waals surface area contributed by atoms with Crippen LogP contribution in [-0.4, -0.2) is 50.9 Å². The van der Waals surface area contributed by atoms with E-state index >= 15 is 0 Å². The fourth-order valence-electron chi connectivity index (χ4n) is 3.16. The van der Waals surface area contributed by atoms with Crippen LogP contribution in [-0.2, 0) is 10.0 Å². The van der Waals surface area contributed by atoms with E-state index in [9.17, 15) is 13.2 Å². The third-order valence-electron chi connectivity index (χ3n) is 4.80. The molecule has 6 nitrogen and oxygen atoms in total. The van der Waals surface area contributed by atoms with Crippen molar-refractivity contribution in [2.75, 3.05) is 31.1 Å². The number of hydrogen-bond acceptors (Lipinski definition) is 5. The van der Waals surface area contributed by atoms with Crippen molar-refractivity contribution in [1.82, 2.24) is 9.62 Å². The van der Waals surface area contributed by atoms with Crippen molar-refractivity contribution in [3.63, 3.8) is 0 Å². The lowest BCUT2D eigenvalue weighted by atomic mass is 10.2. The molecule has 1 amide bonds. The number of rotatable bonds is 5. The van der Waals surface area contributed by atoms with Gasteiger partial charge in [-0.3, -0.25) is 4.79 Å². The number of anilines is 1. The van der Waals surface area contributed by atoms with Gasteiger partial charge in [0.25, 0.3) is 5.91 Å². The number of carbonyl (C=O) groups is 1. The molecule has 2 fully saturated rings. The Morgan fingerprint density at radius 1 is 1.11 bits per heavy atom. The summed E-state index contributed by atoms with van der Waals surface area (Å²) in [6.07, 6.45) is 1.92. The molecule has 1 aromatic heterocycles. The minimum Gasteiger partial charge on any atom is -0.368 e. The molecular formula is C18H20ClN3O3S2. The zero-order valence-electron chi connectivity index (χ0n) is 14.6. The van der Waals surface area contributed by atoms with Crippen LogP contribution in [0.5, 0.6) is 0 Å². The highest BCUT2D eigenvalue weighted by molar-refractivity contribution is 7.89. The molecule has 9 heteroatoms. The van der Waals surface area contributed by atoms with E-state index in [4.69, 9.17) is 11.6 Å². The minimum absolute atomic E-state index is 0.108. The highest BCUT2D eigenvalue weighted by Gasteiger charge is 2.34. The molecule has 0 bridgehead atoms. The largest absolute Gasteiger partial charge is 0.368 e. The second-order valence-corrected chi connectivity index (χ2v) is 9.93. The molecule has 0 spiro atoms. The number of hydrogen-bond donors (Lipinski definition) is 1. The van der Waals surface area contributed by atoms with E-state index in [-0.39, 0.29) is 21.7 Å². The highest BCUT2D eigenvalue weighted by atomic mass is 35.5. The Morgan fingerprint density at radius 3 is 2.48 bits per heavy atom. The van der Waals surface area contributed by atoms with E-state index < -0.39 is 10.0 Å². The predicted octanol–water partition coefficient (Wildman–Crippen LogP) is 2.80. The van der Waals surface area contributed by atoms with Crippen molar-refractivity contribution in [2.45, 2.75) is 23.8 Å². The van der Waals surface area contributed by atoms with Crippen molar-refractivity contribution < 1.29 is 13.2 Å². The molecule has 0 unspecified atom stereocenters. The van der Waals surface area contributed by atoms with Gasteiger partial charge in [-0.25, -0.2) is 8.42 Å². The first-order valence-electron chi connectivity index (χ1n) is 8.85. The number of halogens is 1. The molecule has 4 rings (SSSR count). The first kappa shape index (κ1) is 18.7. The number of thiophene rings is 1. The Morgan fingerprint density at radius 2 is 1.81 bits per heavy atom. The average molecular weight is 426 g/mol. The number of carbonyl (C=O) groups excluding carboxylic acids is 1. The van der Waals surface area contributed by atoms with Gasteiger partial charge < -0.3 is 10.2 Å². The van der Waals surface area contributed by atoms with Gasteiger partial charge in [0.1, 0.15) is 9.77 Å². The van der Waals surface area contributed by atoms with Crippen LogP contribution in [0.1, 0.15) is 22.5 Å². The second kappa shape index (κ2) is 7.43. The molecule has 144 valence electrons. The lowest BCUT2D eigenvalue weighted by Gasteiger charge is -2.35. The summed E-state index contributed by atoms with van der Waals surface area (Å²) in [4.78, 5) is 14.8. The fourth-order valence-corrected chi connectivity index (χ4v) is 6.14. The van der Waals surface area contributed by atoms with Gasteiger partial charge in [0.15, 0.2) is 0 Å². The summed E-state index contributed by atoms with van der Waals surface area (Å²) in [6, 6.07) is 9.27. The van der Waals surface area contributed by atoms with Crippen LogP contribution in [0, 0.1) is 0 Å². The first-order valence-corrected chi connectivity index (χ1v) is 11.5. The Kier molecular flexibility index (Phi) is 5.15. The van der Waals surface area contributed by atoms with Gasteiger partial charge in [0.2, 0.25) is 10.0 Å². The van der Waals surface area contributed by atoms with Crippen molar-refractivity contribution in [3.8, 4) is 0 Å². The topological polar surface area (TPSA) is 69.7 Å². The van der Waals surface area contributed by atoms with Crippen LogP contribution >= 0.6 is 22.9 Å². The van der Waals surface area contributed by atoms with Gasteiger partial charge in [-0.05, 0) is 36.4 Å². The van der Waals surface area contributed by atoms with E-state index in [0.29, 0.717) is 31.2 Å². The number of benzene rings is 1. The number of piperazine rings is 1. The molecule has 1 saturated carbocycles. The summed E-state index contributed by atoms with van der Waals surface area (Å²) in [5, 5.41) is 5.19. The Labute approximate surface area is 167 Å². The summed E-state index contributed by atoms with van der Waals surface area (Å²) >= 11 is 7.42. The number of nitrogens with zero attached hydrogens (tertiary/aromatic N) is 2. The molecule has 2 heterocycles. The zero-order chi connectivity index (χ0) is 19.0. The van der Waals surface area contributed by atoms with E-state index in [0.717, 1.165) is 18.5 Å². The molecular weight excluding hydrogens is 406 g/mol. The van der Waals surface area contributed by atoms with Gasteiger partial charge in [-0.2, -0.15) is 4.31 Å². The maximum Gasteiger partial charge on any atom is 0.262 e. The molecule has 2 aromatic rings. The molecule has 27 heavy (non-hydrogen) atoms. The maximum atomic E-state index is 13.1. The van der Waals surface area contributed by atoms with Gasteiger partial charge >= 0.3 is 0 Å². The van der Waals surface area contributed by atoms with E-state index in [1.165, 1.54) is 21.7 Å². The zero-order valence-corrected chi connectivity index (χ0v) is 17.0. The highest BCUT2D eigenvalue weighted by Crippen LogP contribution is 2.30. The van der Waals surface area contributed by atoms with Crippen LogP contribution in [0.25, 0.3) is 0 Å². The molecule has 0 atom stereocenters. The standard InChI is InChI=1S/C18H20ClN3O3S2/c19-14-3-1-2-4-15(14)21-8-10-22(11-9-21)27(24,25)16-7-12-26-17(16)18(23)20-13-5-6-13/h1-4,7,12-13H,5-6,8-11H2,(H,20,23). The Balaban J connectivity index is 1.49. The summed E-state index contributed by atoms with van der Waals surface area (Å²) in [6.45, 7) is 1.81. The quantitative estimate of drug-likeness (QED) is 0.799. The lowest BCUT2D eigenvalue weighted by Crippen LogP contribution is -2.49. The third kappa shape index (κ3) is 3.85. The van der Waals surface area contributed by atoms with Crippen LogP contribution < -0.4 is 10.2 Å². The number of amides is 1. The van der Waals surface area contributed by atoms with Gasteiger partial charge in [-0.1, -0.05) is 23.7 Å². The SMILES string of the molecule is O=C(NC1CC1)c1sccc1S(=O)(=O)N1CCN(c2ccccc2Cl)CC1. The second-order valence-electron chi connectivity index (χ2n) is 6.70. The summed E-state index contributed by atoms with van der Waals surface area (Å²) in [7, 11) is -3.70. The van der Waals surface area contributed by atoms with Crippen molar-refractivity contribution in [2.24, 2.45) is 0 Å². The van der Waals surface area contributed by atoms with Crippen LogP contribution in [0.2, 0.25) is 5.02 Å². The molecule has 1 aliphatic heterocycles. The normalized spacial score (nSPS) is 18.5. The number of nitrogens with one attached hydrogen (secondary N) is 1. The molecule has 1 aliphatic carbocycles. The van der Waals surface area contributed by atoms with E-state index in [1.54, 1.807) is 5.38 Å². The monoisotopic (exact) mass is 425 g/mol. The number of sulfonamides is 1. The summed E-state index contributed by atoms with van der Waals surface area (Å²) in [5.41, 5.74) is 0.913. The van der Waals surface area contributed by atoms with E-state index in [2.05, 4.69) is 10.2 Å². The molecule has 1 saturated heterocycles. The van der Waals surface area contributed by atoms with Crippen LogP contribution in [0.4, 0.5) is 5.69 Å². The first-order chi connectivity index (χ1) is 13.0. The smallest absolute Gasteiger partial charge is 0.262 e. The van der Waals surface area contributed by atoms with Gasteiger partial charge in [0.05, 0.1) is 10.7 Å². The van der Waals surface area contributed by atoms with Crippen molar-refractivity contribution >= 4 is 44.6 Å². The Hall–Kier alpha value is -1.61. The summed E-state index contributed by atoms with van der Waals surface area (Å²) in [5.74, 6) is -0.291. The predicted molar refractivity (Wildman–Crippen MR) is 107 cm³/mol. The molecule has 1 N–H and O–H groups in total. The van der Waals surface area contributed by atoms with Gasteiger partial charge in [0, 0.05) is 32.2 Å².